The standard InChI is InChI=1S/C10H10ClNS/c11-8-4-3-7-2-1-5-12-10(13)9(7)6-8/h3-4,6H,1-2,5H2,(H,12,13)/p+1. The quantitative estimate of drug-likeness (QED) is 0.584. The molecule has 0 unspecified atom stereocenters. The molecule has 1 heterocycles. The molecule has 0 radical (unpaired) electrons. The van der Waals surface area contributed by atoms with Crippen molar-refractivity contribution >= 4 is 29.3 Å². The third-order valence-corrected chi connectivity index (χ3v) is 2.86. The van der Waals surface area contributed by atoms with Crippen molar-refractivity contribution < 1.29 is 0 Å². The predicted molar refractivity (Wildman–Crippen MR) is 61.3 cm³/mol. The van der Waals surface area contributed by atoms with Gasteiger partial charge in [0, 0.05) is 24.2 Å². The van der Waals surface area contributed by atoms with Gasteiger partial charge in [-0.2, -0.15) is 0 Å². The second-order valence-corrected chi connectivity index (χ2v) is 4.05. The summed E-state index contributed by atoms with van der Waals surface area (Å²) in [6, 6.07) is 5.98. The van der Waals surface area contributed by atoms with Crippen LogP contribution in [0.3, 0.4) is 0 Å². The van der Waals surface area contributed by atoms with Crippen LogP contribution in [0.5, 0.6) is 0 Å². The van der Waals surface area contributed by atoms with Gasteiger partial charge in [-0.25, -0.2) is 4.99 Å². The minimum atomic E-state index is 0.770. The van der Waals surface area contributed by atoms with Crippen molar-refractivity contribution in [1.29, 1.82) is 0 Å². The summed E-state index contributed by atoms with van der Waals surface area (Å²) < 4.78 is 0. The number of benzene rings is 1. The Balaban J connectivity index is 2.54. The highest BCUT2D eigenvalue weighted by Crippen LogP contribution is 2.20. The van der Waals surface area contributed by atoms with Crippen LogP contribution < -0.4 is 0 Å². The van der Waals surface area contributed by atoms with E-state index in [2.05, 4.69) is 23.7 Å². The largest absolute Gasteiger partial charge is 0.245 e. The maximum Gasteiger partial charge on any atom is 0.245 e. The van der Waals surface area contributed by atoms with E-state index in [-0.39, 0.29) is 0 Å². The van der Waals surface area contributed by atoms with E-state index in [0.717, 1.165) is 35.0 Å². The van der Waals surface area contributed by atoms with Gasteiger partial charge in [-0.1, -0.05) is 17.7 Å². The van der Waals surface area contributed by atoms with E-state index in [1.165, 1.54) is 5.56 Å². The molecule has 0 saturated carbocycles. The molecule has 0 saturated heterocycles. The zero-order valence-electron chi connectivity index (χ0n) is 7.18. The highest BCUT2D eigenvalue weighted by atomic mass is 35.5. The second kappa shape index (κ2) is 3.72. The fourth-order valence-corrected chi connectivity index (χ4v) is 2.05. The molecule has 0 aliphatic carbocycles. The lowest BCUT2D eigenvalue weighted by Crippen LogP contribution is -1.98. The van der Waals surface area contributed by atoms with Crippen LogP contribution in [0.25, 0.3) is 0 Å². The number of hydrogen-bond acceptors (Lipinski definition) is 1. The topological polar surface area (TPSA) is 12.4 Å². The van der Waals surface area contributed by atoms with Gasteiger partial charge >= 0.3 is 0 Å². The summed E-state index contributed by atoms with van der Waals surface area (Å²) in [5.41, 5.74) is 2.47. The van der Waals surface area contributed by atoms with Crippen LogP contribution in [0, 0.1) is 0 Å². The van der Waals surface area contributed by atoms with Gasteiger partial charge in [-0.15, -0.1) is 0 Å². The first-order valence-corrected chi connectivity index (χ1v) is 5.20. The van der Waals surface area contributed by atoms with Crippen molar-refractivity contribution in [3.63, 3.8) is 0 Å². The molecule has 68 valence electrons. The molecular weight excluding hydrogens is 202 g/mol. The Morgan fingerprint density at radius 2 is 2.23 bits per heavy atom. The van der Waals surface area contributed by atoms with Crippen LogP contribution in [0.15, 0.2) is 23.2 Å². The molecule has 0 aromatic heterocycles. The van der Waals surface area contributed by atoms with Crippen LogP contribution in [-0.2, 0) is 19.0 Å². The van der Waals surface area contributed by atoms with Gasteiger partial charge in [0.05, 0.1) is 5.56 Å². The number of aliphatic imine (C=N–C) groups is 1. The van der Waals surface area contributed by atoms with Crippen LogP contribution in [0.1, 0.15) is 17.5 Å². The van der Waals surface area contributed by atoms with E-state index < -0.39 is 0 Å². The molecular formula is C10H11ClNS+. The lowest BCUT2D eigenvalue weighted by molar-refractivity contribution is 0.845. The molecule has 0 N–H and O–H groups in total. The Kier molecular flexibility index (Phi) is 2.61. The first-order valence-electron chi connectivity index (χ1n) is 4.32. The Morgan fingerprint density at radius 1 is 1.38 bits per heavy atom. The molecule has 0 spiro atoms. The van der Waals surface area contributed by atoms with Crippen molar-refractivity contribution in [2.45, 2.75) is 12.8 Å². The lowest BCUT2D eigenvalue weighted by atomic mass is 10.0. The van der Waals surface area contributed by atoms with Crippen molar-refractivity contribution in [3.05, 3.63) is 34.3 Å². The van der Waals surface area contributed by atoms with Crippen molar-refractivity contribution in [1.82, 2.24) is 0 Å². The summed E-state index contributed by atoms with van der Waals surface area (Å²) in [5, 5.41) is 1.70. The van der Waals surface area contributed by atoms with E-state index in [9.17, 15) is 0 Å². The number of nitrogens with zero attached hydrogens (tertiary/aromatic N) is 1. The van der Waals surface area contributed by atoms with Crippen LogP contribution in [0.2, 0.25) is 5.02 Å². The van der Waals surface area contributed by atoms with Gasteiger partial charge in [-0.05, 0) is 30.5 Å². The van der Waals surface area contributed by atoms with E-state index in [1.807, 2.05) is 12.1 Å². The monoisotopic (exact) mass is 212 g/mol. The Labute approximate surface area is 88.2 Å². The van der Waals surface area contributed by atoms with Gasteiger partial charge in [-0.3, -0.25) is 0 Å². The smallest absolute Gasteiger partial charge is 0.240 e. The Bertz CT molecular complexity index is 360. The SMILES string of the molecule is [SH2+]C1=NCCCc2ccc(Cl)cc21. The number of rotatable bonds is 0. The minimum Gasteiger partial charge on any atom is -0.240 e. The second-order valence-electron chi connectivity index (χ2n) is 3.14. The molecule has 1 aliphatic heterocycles. The van der Waals surface area contributed by atoms with Crippen molar-refractivity contribution in [3.8, 4) is 0 Å². The van der Waals surface area contributed by atoms with Crippen LogP contribution >= 0.6 is 11.6 Å². The Hall–Kier alpha value is -0.470. The summed E-state index contributed by atoms with van der Waals surface area (Å²) in [6.07, 6.45) is 2.20. The van der Waals surface area contributed by atoms with E-state index >= 15 is 0 Å². The summed E-state index contributed by atoms with van der Waals surface area (Å²) in [6.45, 7) is 0.894. The third kappa shape index (κ3) is 1.89. The highest BCUT2D eigenvalue weighted by Gasteiger charge is 2.14. The zero-order valence-corrected chi connectivity index (χ0v) is 8.93. The first-order chi connectivity index (χ1) is 6.27. The first kappa shape index (κ1) is 9.10. The summed E-state index contributed by atoms with van der Waals surface area (Å²) in [4.78, 5) is 4.38. The van der Waals surface area contributed by atoms with Crippen molar-refractivity contribution in [2.24, 2.45) is 4.99 Å². The maximum absolute atomic E-state index is 5.92. The molecule has 1 aromatic carbocycles. The van der Waals surface area contributed by atoms with Gasteiger partial charge in [0.15, 0.2) is 0 Å². The molecule has 1 aromatic rings. The molecule has 0 amide bonds. The lowest BCUT2D eigenvalue weighted by Gasteiger charge is -2.02. The van der Waals surface area contributed by atoms with E-state index in [1.54, 1.807) is 0 Å². The summed E-state index contributed by atoms with van der Waals surface area (Å²) in [7, 11) is 0. The van der Waals surface area contributed by atoms with Crippen molar-refractivity contribution in [2.75, 3.05) is 6.54 Å². The summed E-state index contributed by atoms with van der Waals surface area (Å²) in [5.74, 6) is 0. The number of halogens is 1. The molecule has 2 rings (SSSR count). The average Bonchev–Trinajstić information content (AvgIpc) is 2.29. The fraction of sp³-hybridized carbons (Fsp3) is 0.300. The molecule has 0 bridgehead atoms. The molecule has 1 nitrogen and oxygen atoms in total. The molecule has 0 fully saturated rings. The van der Waals surface area contributed by atoms with Crippen LogP contribution in [0.4, 0.5) is 0 Å². The molecule has 1 aliphatic rings. The molecule has 0 atom stereocenters. The van der Waals surface area contributed by atoms with Gasteiger partial charge in [0.2, 0.25) is 5.04 Å². The van der Waals surface area contributed by atoms with Gasteiger partial charge in [0.1, 0.15) is 0 Å². The third-order valence-electron chi connectivity index (χ3n) is 2.20. The average molecular weight is 213 g/mol. The molecule has 13 heavy (non-hydrogen) atoms. The predicted octanol–water partition coefficient (Wildman–Crippen LogP) is 2.04. The normalized spacial score (nSPS) is 16.0. The molecule has 3 heteroatoms. The van der Waals surface area contributed by atoms with Gasteiger partial charge in [0.25, 0.3) is 0 Å². The minimum absolute atomic E-state index is 0.770. The highest BCUT2D eigenvalue weighted by molar-refractivity contribution is 7.78. The maximum atomic E-state index is 5.92. The van der Waals surface area contributed by atoms with Gasteiger partial charge < -0.3 is 0 Å². The number of aryl methyl sites for hydroxylation is 1. The number of hydrogen-bond donors (Lipinski definition) is 0. The zero-order chi connectivity index (χ0) is 9.26. The van der Waals surface area contributed by atoms with Crippen LogP contribution in [-0.4, -0.2) is 11.6 Å². The van der Waals surface area contributed by atoms with E-state index in [0.29, 0.717) is 0 Å². The Morgan fingerprint density at radius 3 is 3.08 bits per heavy atom. The number of fused-ring (bicyclic) bond motifs is 1. The van der Waals surface area contributed by atoms with E-state index in [4.69, 9.17) is 11.6 Å². The fourth-order valence-electron chi connectivity index (χ4n) is 1.53. The summed E-state index contributed by atoms with van der Waals surface area (Å²) >= 11 is 9.43.